The van der Waals surface area contributed by atoms with Crippen LogP contribution >= 0.6 is 0 Å². The average molecular weight is 328 g/mol. The van der Waals surface area contributed by atoms with Crippen LogP contribution in [-0.2, 0) is 38.1 Å². The van der Waals surface area contributed by atoms with E-state index in [2.05, 4.69) is 22.6 Å². The van der Waals surface area contributed by atoms with E-state index in [0.717, 1.165) is 12.2 Å². The van der Waals surface area contributed by atoms with Crippen LogP contribution in [-0.4, -0.2) is 50.3 Å². The molecule has 0 fully saturated rings. The van der Waals surface area contributed by atoms with Crippen LogP contribution in [0.4, 0.5) is 0 Å². The van der Waals surface area contributed by atoms with E-state index < -0.39 is 30.3 Å². The summed E-state index contributed by atoms with van der Waals surface area (Å²) in [7, 11) is 0. The molecule has 0 spiro atoms. The number of hydrogen-bond donors (Lipinski definition) is 0. The molecule has 0 aliphatic heterocycles. The molecule has 23 heavy (non-hydrogen) atoms. The zero-order valence-electron chi connectivity index (χ0n) is 12.8. The Balaban J connectivity index is 3.56. The molecule has 0 aliphatic rings. The number of ether oxygens (including phenoxy) is 4. The highest BCUT2D eigenvalue weighted by atomic mass is 16.6. The SMILES string of the molecule is C=CC(=O)OCCCOC(=O)CC(=O)OCCCOC(=O)C=C. The Morgan fingerprint density at radius 2 is 1.00 bits per heavy atom. The molecule has 8 heteroatoms. The van der Waals surface area contributed by atoms with Gasteiger partial charge < -0.3 is 18.9 Å². The van der Waals surface area contributed by atoms with E-state index in [9.17, 15) is 19.2 Å². The van der Waals surface area contributed by atoms with Crippen molar-refractivity contribution in [3.63, 3.8) is 0 Å². The standard InChI is InChI=1S/C15H20O8/c1-3-12(16)20-7-5-9-22-14(18)11-15(19)23-10-6-8-21-13(17)4-2/h3-4H,1-2,5-11H2. The van der Waals surface area contributed by atoms with Crippen molar-refractivity contribution >= 4 is 23.9 Å². The summed E-state index contributed by atoms with van der Waals surface area (Å²) < 4.78 is 18.9. The molecule has 8 nitrogen and oxygen atoms in total. The molecule has 0 unspecified atom stereocenters. The van der Waals surface area contributed by atoms with Crippen LogP contribution < -0.4 is 0 Å². The van der Waals surface area contributed by atoms with E-state index in [1.807, 2.05) is 0 Å². The molecule has 0 N–H and O–H groups in total. The van der Waals surface area contributed by atoms with Crippen molar-refractivity contribution < 1.29 is 38.1 Å². The summed E-state index contributed by atoms with van der Waals surface area (Å²) in [5.41, 5.74) is 0. The van der Waals surface area contributed by atoms with E-state index >= 15 is 0 Å². The minimum Gasteiger partial charge on any atom is -0.465 e. The van der Waals surface area contributed by atoms with Gasteiger partial charge in [-0.3, -0.25) is 9.59 Å². The normalized spacial score (nSPS) is 9.39. The first-order chi connectivity index (χ1) is 11.0. The van der Waals surface area contributed by atoms with Crippen LogP contribution in [0.2, 0.25) is 0 Å². The molecule has 0 saturated heterocycles. The Labute approximate surface area is 134 Å². The maximum absolute atomic E-state index is 11.3. The molecule has 128 valence electrons. The van der Waals surface area contributed by atoms with Gasteiger partial charge in [0.1, 0.15) is 6.42 Å². The highest BCUT2D eigenvalue weighted by molar-refractivity contribution is 5.91. The molecule has 0 aromatic heterocycles. The minimum atomic E-state index is -0.733. The second kappa shape index (κ2) is 13.1. The van der Waals surface area contributed by atoms with Gasteiger partial charge in [0.25, 0.3) is 0 Å². The second-order valence-corrected chi connectivity index (χ2v) is 4.07. The van der Waals surface area contributed by atoms with Gasteiger partial charge in [-0.15, -0.1) is 0 Å². The topological polar surface area (TPSA) is 105 Å². The second-order valence-electron chi connectivity index (χ2n) is 4.07. The summed E-state index contributed by atoms with van der Waals surface area (Å²) in [6.07, 6.45) is 2.17. The lowest BCUT2D eigenvalue weighted by Gasteiger charge is -2.06. The Kier molecular flexibility index (Phi) is 11.6. The van der Waals surface area contributed by atoms with Crippen LogP contribution in [0.25, 0.3) is 0 Å². The molecule has 0 aromatic rings. The molecule has 0 amide bonds. The van der Waals surface area contributed by atoms with Gasteiger partial charge in [0.15, 0.2) is 0 Å². The fourth-order valence-corrected chi connectivity index (χ4v) is 1.17. The van der Waals surface area contributed by atoms with Gasteiger partial charge in [-0.1, -0.05) is 13.2 Å². The molecule has 0 bridgehead atoms. The summed E-state index contributed by atoms with van der Waals surface area (Å²) in [6, 6.07) is 0. The van der Waals surface area contributed by atoms with Gasteiger partial charge >= 0.3 is 23.9 Å². The third-order valence-corrected chi connectivity index (χ3v) is 2.21. The van der Waals surface area contributed by atoms with Crippen molar-refractivity contribution in [3.05, 3.63) is 25.3 Å². The lowest BCUT2D eigenvalue weighted by Crippen LogP contribution is -2.16. The van der Waals surface area contributed by atoms with E-state index in [1.54, 1.807) is 0 Å². The maximum Gasteiger partial charge on any atom is 0.330 e. The third-order valence-electron chi connectivity index (χ3n) is 2.21. The third kappa shape index (κ3) is 12.8. The van der Waals surface area contributed by atoms with E-state index in [1.165, 1.54) is 0 Å². The van der Waals surface area contributed by atoms with Crippen molar-refractivity contribution in [1.29, 1.82) is 0 Å². The molecular formula is C15H20O8. The Morgan fingerprint density at radius 1 is 0.652 bits per heavy atom. The van der Waals surface area contributed by atoms with Gasteiger partial charge in [0, 0.05) is 25.0 Å². The fourth-order valence-electron chi connectivity index (χ4n) is 1.17. The summed E-state index contributed by atoms with van der Waals surface area (Å²) >= 11 is 0. The quantitative estimate of drug-likeness (QED) is 0.169. The van der Waals surface area contributed by atoms with Crippen molar-refractivity contribution in [1.82, 2.24) is 0 Å². The molecule has 0 rings (SSSR count). The summed E-state index contributed by atoms with van der Waals surface area (Å²) in [6.45, 7) is 6.68. The van der Waals surface area contributed by atoms with Gasteiger partial charge in [-0.2, -0.15) is 0 Å². The van der Waals surface area contributed by atoms with Crippen LogP contribution in [0.5, 0.6) is 0 Å². The monoisotopic (exact) mass is 328 g/mol. The van der Waals surface area contributed by atoms with Crippen molar-refractivity contribution in [2.24, 2.45) is 0 Å². The van der Waals surface area contributed by atoms with Crippen molar-refractivity contribution in [2.45, 2.75) is 19.3 Å². The smallest absolute Gasteiger partial charge is 0.330 e. The zero-order valence-corrected chi connectivity index (χ0v) is 12.8. The largest absolute Gasteiger partial charge is 0.465 e. The lowest BCUT2D eigenvalue weighted by atomic mass is 10.4. The first-order valence-electron chi connectivity index (χ1n) is 6.89. The van der Waals surface area contributed by atoms with Gasteiger partial charge in [-0.25, -0.2) is 9.59 Å². The summed E-state index contributed by atoms with van der Waals surface area (Å²) in [5, 5.41) is 0. The predicted octanol–water partition coefficient (Wildman–Crippen LogP) is 0.701. The van der Waals surface area contributed by atoms with Crippen LogP contribution in [0.15, 0.2) is 25.3 Å². The van der Waals surface area contributed by atoms with Gasteiger partial charge in [-0.05, 0) is 0 Å². The first kappa shape index (κ1) is 20.4. The summed E-state index contributed by atoms with van der Waals surface area (Å²) in [5.74, 6) is -2.58. The van der Waals surface area contributed by atoms with E-state index in [4.69, 9.17) is 9.47 Å². The number of carbonyl (C=O) groups excluding carboxylic acids is 4. The molecule has 0 saturated carbocycles. The van der Waals surface area contributed by atoms with Crippen molar-refractivity contribution in [2.75, 3.05) is 26.4 Å². The number of hydrogen-bond acceptors (Lipinski definition) is 8. The van der Waals surface area contributed by atoms with Gasteiger partial charge in [0.05, 0.1) is 26.4 Å². The predicted molar refractivity (Wildman–Crippen MR) is 78.1 cm³/mol. The Morgan fingerprint density at radius 3 is 1.35 bits per heavy atom. The number of carbonyl (C=O) groups is 4. The average Bonchev–Trinajstić information content (AvgIpc) is 2.53. The molecule has 0 atom stereocenters. The Hall–Kier alpha value is -2.64. The first-order valence-corrected chi connectivity index (χ1v) is 6.89. The molecular weight excluding hydrogens is 308 g/mol. The van der Waals surface area contributed by atoms with E-state index in [0.29, 0.717) is 12.8 Å². The van der Waals surface area contributed by atoms with Crippen LogP contribution in [0.3, 0.4) is 0 Å². The highest BCUT2D eigenvalue weighted by Crippen LogP contribution is 1.95. The molecule has 0 heterocycles. The maximum atomic E-state index is 11.3. The van der Waals surface area contributed by atoms with Crippen LogP contribution in [0.1, 0.15) is 19.3 Å². The zero-order chi connectivity index (χ0) is 17.5. The van der Waals surface area contributed by atoms with Crippen LogP contribution in [0, 0.1) is 0 Å². The van der Waals surface area contributed by atoms with Crippen molar-refractivity contribution in [3.8, 4) is 0 Å². The number of esters is 4. The van der Waals surface area contributed by atoms with Gasteiger partial charge in [0.2, 0.25) is 0 Å². The lowest BCUT2D eigenvalue weighted by molar-refractivity contribution is -0.154. The molecule has 0 aliphatic carbocycles. The molecule has 0 aromatic carbocycles. The molecule has 0 radical (unpaired) electrons. The van der Waals surface area contributed by atoms with E-state index in [-0.39, 0.29) is 26.4 Å². The fraction of sp³-hybridized carbons (Fsp3) is 0.467. The minimum absolute atomic E-state index is 0.0219. The summed E-state index contributed by atoms with van der Waals surface area (Å²) in [4.78, 5) is 44.0. The Bertz CT molecular complexity index is 401. The highest BCUT2D eigenvalue weighted by Gasteiger charge is 2.12. The number of rotatable bonds is 12.